The van der Waals surface area contributed by atoms with Gasteiger partial charge in [0, 0.05) is 0 Å². The number of aryl methyl sites for hydroxylation is 1. The maximum atomic E-state index is 13.2. The predicted octanol–water partition coefficient (Wildman–Crippen LogP) is 2.40. The van der Waals surface area contributed by atoms with Crippen molar-refractivity contribution >= 4 is 17.8 Å². The number of halogens is 1. The number of hydrogen-bond donors (Lipinski definition) is 2. The molecule has 6 nitrogen and oxygen atoms in total. The van der Waals surface area contributed by atoms with E-state index < -0.39 is 29.2 Å². The lowest BCUT2D eigenvalue weighted by Crippen LogP contribution is -2.43. The summed E-state index contributed by atoms with van der Waals surface area (Å²) < 4.78 is 13.2. The molecule has 0 unspecified atom stereocenters. The third-order valence-electron chi connectivity index (χ3n) is 5.47. The molecule has 28 heavy (non-hydrogen) atoms. The van der Waals surface area contributed by atoms with Crippen LogP contribution in [-0.2, 0) is 21.5 Å². The molecule has 0 bridgehead atoms. The molecule has 0 saturated carbocycles. The summed E-state index contributed by atoms with van der Waals surface area (Å²) in [6.07, 6.45) is 1.67. The van der Waals surface area contributed by atoms with Gasteiger partial charge in [-0.25, -0.2) is 9.18 Å². The molecule has 4 amide bonds. The van der Waals surface area contributed by atoms with E-state index in [1.165, 1.54) is 29.8 Å². The van der Waals surface area contributed by atoms with Crippen molar-refractivity contribution in [2.75, 3.05) is 6.54 Å². The largest absolute Gasteiger partial charge is 0.348 e. The van der Waals surface area contributed by atoms with E-state index in [1.807, 2.05) is 24.3 Å². The standard InChI is InChI=1S/C21H20FN3O3/c1-21(14-7-9-15(22)10-8-14)19(27)25(20(28)24-21)12-18(26)23-17-11-6-13-4-2-3-5-16(13)17/h2-5,7-10,17H,6,11-12H2,1H3,(H,23,26)(H,24,28)/t17-,21-/m1/s1. The first-order chi connectivity index (χ1) is 13.4. The summed E-state index contributed by atoms with van der Waals surface area (Å²) in [4.78, 5) is 38.6. The topological polar surface area (TPSA) is 78.5 Å². The van der Waals surface area contributed by atoms with Crippen LogP contribution in [0, 0.1) is 5.82 Å². The van der Waals surface area contributed by atoms with Crippen molar-refractivity contribution < 1.29 is 18.8 Å². The molecule has 144 valence electrons. The normalized spacial score (nSPS) is 23.5. The summed E-state index contributed by atoms with van der Waals surface area (Å²) in [5.74, 6) is -1.36. The molecule has 7 heteroatoms. The van der Waals surface area contributed by atoms with Gasteiger partial charge in [-0.2, -0.15) is 0 Å². The zero-order chi connectivity index (χ0) is 19.9. The molecular weight excluding hydrogens is 361 g/mol. The molecule has 2 aromatic carbocycles. The van der Waals surface area contributed by atoms with Gasteiger partial charge in [0.05, 0.1) is 6.04 Å². The lowest BCUT2D eigenvalue weighted by Gasteiger charge is -2.22. The van der Waals surface area contributed by atoms with E-state index in [2.05, 4.69) is 10.6 Å². The third kappa shape index (κ3) is 3.02. The third-order valence-corrected chi connectivity index (χ3v) is 5.47. The van der Waals surface area contributed by atoms with E-state index >= 15 is 0 Å². The number of benzene rings is 2. The van der Waals surface area contributed by atoms with Crippen LogP contribution in [-0.4, -0.2) is 29.3 Å². The predicted molar refractivity (Wildman–Crippen MR) is 99.6 cm³/mol. The Bertz CT molecular complexity index is 960. The molecule has 1 saturated heterocycles. The molecule has 1 aliphatic heterocycles. The van der Waals surface area contributed by atoms with Crippen LogP contribution in [0.3, 0.4) is 0 Å². The molecule has 2 atom stereocenters. The van der Waals surface area contributed by atoms with Gasteiger partial charge in [0.15, 0.2) is 0 Å². The molecule has 1 aliphatic carbocycles. The molecule has 4 rings (SSSR count). The van der Waals surface area contributed by atoms with E-state index in [0.29, 0.717) is 5.56 Å². The number of rotatable bonds is 4. The maximum Gasteiger partial charge on any atom is 0.325 e. The average Bonchev–Trinajstić information content (AvgIpc) is 3.17. The van der Waals surface area contributed by atoms with Gasteiger partial charge in [0.25, 0.3) is 5.91 Å². The maximum absolute atomic E-state index is 13.2. The van der Waals surface area contributed by atoms with Gasteiger partial charge in [-0.3, -0.25) is 14.5 Å². The first kappa shape index (κ1) is 18.2. The minimum atomic E-state index is -1.33. The Kier molecular flexibility index (Phi) is 4.37. The second kappa shape index (κ2) is 6.74. The van der Waals surface area contributed by atoms with Crippen LogP contribution in [0.1, 0.15) is 36.1 Å². The van der Waals surface area contributed by atoms with E-state index in [-0.39, 0.29) is 12.6 Å². The molecule has 2 N–H and O–H groups in total. The highest BCUT2D eigenvalue weighted by Crippen LogP contribution is 2.31. The summed E-state index contributed by atoms with van der Waals surface area (Å²) in [6, 6.07) is 12.5. The Labute approximate surface area is 161 Å². The van der Waals surface area contributed by atoms with Gasteiger partial charge in [0.1, 0.15) is 17.9 Å². The fourth-order valence-corrected chi connectivity index (χ4v) is 3.91. The number of imide groups is 1. The van der Waals surface area contributed by atoms with E-state index in [9.17, 15) is 18.8 Å². The number of urea groups is 1. The molecule has 0 spiro atoms. The number of hydrogen-bond acceptors (Lipinski definition) is 3. The summed E-state index contributed by atoms with van der Waals surface area (Å²) in [5.41, 5.74) is 1.40. The van der Waals surface area contributed by atoms with Crippen LogP contribution < -0.4 is 10.6 Å². The fraction of sp³-hybridized carbons (Fsp3) is 0.286. The van der Waals surface area contributed by atoms with Crippen LogP contribution in [0.5, 0.6) is 0 Å². The lowest BCUT2D eigenvalue weighted by atomic mass is 9.92. The first-order valence-corrected chi connectivity index (χ1v) is 9.16. The first-order valence-electron chi connectivity index (χ1n) is 9.16. The van der Waals surface area contributed by atoms with Crippen LogP contribution in [0.25, 0.3) is 0 Å². The van der Waals surface area contributed by atoms with Crippen molar-refractivity contribution in [3.05, 3.63) is 71.0 Å². The van der Waals surface area contributed by atoms with Gasteiger partial charge in [-0.1, -0.05) is 36.4 Å². The molecule has 2 aromatic rings. The second-order valence-corrected chi connectivity index (χ2v) is 7.31. The zero-order valence-corrected chi connectivity index (χ0v) is 15.4. The van der Waals surface area contributed by atoms with E-state index in [0.717, 1.165) is 23.3 Å². The quantitative estimate of drug-likeness (QED) is 0.799. The van der Waals surface area contributed by atoms with Gasteiger partial charge < -0.3 is 10.6 Å². The van der Waals surface area contributed by atoms with Gasteiger partial charge in [-0.05, 0) is 48.6 Å². The van der Waals surface area contributed by atoms with Crippen molar-refractivity contribution in [2.24, 2.45) is 0 Å². The van der Waals surface area contributed by atoms with Crippen LogP contribution >= 0.6 is 0 Å². The Morgan fingerprint density at radius 3 is 2.68 bits per heavy atom. The minimum absolute atomic E-state index is 0.118. The highest BCUT2D eigenvalue weighted by atomic mass is 19.1. The van der Waals surface area contributed by atoms with Crippen molar-refractivity contribution in [3.8, 4) is 0 Å². The van der Waals surface area contributed by atoms with E-state index in [4.69, 9.17) is 0 Å². The fourth-order valence-electron chi connectivity index (χ4n) is 3.91. The SMILES string of the molecule is C[C@]1(c2ccc(F)cc2)NC(=O)N(CC(=O)N[C@@H]2CCc3ccccc32)C1=O. The number of nitrogens with zero attached hydrogens (tertiary/aromatic N) is 1. The van der Waals surface area contributed by atoms with Crippen molar-refractivity contribution in [2.45, 2.75) is 31.3 Å². The Morgan fingerprint density at radius 1 is 1.21 bits per heavy atom. The van der Waals surface area contributed by atoms with Gasteiger partial charge in [0.2, 0.25) is 5.91 Å². The summed E-state index contributed by atoms with van der Waals surface area (Å²) in [6.45, 7) is 1.19. The van der Waals surface area contributed by atoms with Gasteiger partial charge >= 0.3 is 6.03 Å². The summed E-state index contributed by atoms with van der Waals surface area (Å²) in [7, 11) is 0. The molecule has 1 heterocycles. The van der Waals surface area contributed by atoms with E-state index in [1.54, 1.807) is 6.92 Å². The zero-order valence-electron chi connectivity index (χ0n) is 15.4. The van der Waals surface area contributed by atoms with Crippen LogP contribution in [0.15, 0.2) is 48.5 Å². The van der Waals surface area contributed by atoms with Crippen molar-refractivity contribution in [3.63, 3.8) is 0 Å². The van der Waals surface area contributed by atoms with Crippen LogP contribution in [0.4, 0.5) is 9.18 Å². The number of amides is 4. The summed E-state index contributed by atoms with van der Waals surface area (Å²) >= 11 is 0. The highest BCUT2D eigenvalue weighted by molar-refractivity contribution is 6.09. The number of fused-ring (bicyclic) bond motifs is 1. The van der Waals surface area contributed by atoms with Crippen molar-refractivity contribution in [1.29, 1.82) is 0 Å². The second-order valence-electron chi connectivity index (χ2n) is 7.31. The minimum Gasteiger partial charge on any atom is -0.348 e. The Hall–Kier alpha value is -3.22. The lowest BCUT2D eigenvalue weighted by molar-refractivity contribution is -0.135. The molecule has 0 aromatic heterocycles. The number of carbonyl (C=O) groups is 3. The van der Waals surface area contributed by atoms with Crippen molar-refractivity contribution in [1.82, 2.24) is 15.5 Å². The number of nitrogens with one attached hydrogen (secondary N) is 2. The smallest absolute Gasteiger partial charge is 0.325 e. The molecule has 0 radical (unpaired) electrons. The highest BCUT2D eigenvalue weighted by Gasteiger charge is 2.49. The van der Waals surface area contributed by atoms with Gasteiger partial charge in [-0.15, -0.1) is 0 Å². The average molecular weight is 381 g/mol. The summed E-state index contributed by atoms with van der Waals surface area (Å²) in [5, 5.41) is 5.53. The monoisotopic (exact) mass is 381 g/mol. The van der Waals surface area contributed by atoms with Crippen LogP contribution in [0.2, 0.25) is 0 Å². The molecular formula is C21H20FN3O3. The molecule has 2 aliphatic rings. The Morgan fingerprint density at radius 2 is 1.93 bits per heavy atom. The Balaban J connectivity index is 1.46. The number of carbonyl (C=O) groups excluding carboxylic acids is 3. The molecule has 1 fully saturated rings.